The predicted molar refractivity (Wildman–Crippen MR) is 57.1 cm³/mol. The molecule has 1 aromatic rings. The van der Waals surface area contributed by atoms with Gasteiger partial charge in [0, 0.05) is 0 Å². The largest absolute Gasteiger partial charge is 0.394 e. The number of benzene rings is 1. The fraction of sp³-hybridized carbons (Fsp3) is 0.400. The van der Waals surface area contributed by atoms with Crippen LogP contribution in [0, 0.1) is 0 Å². The number of hydrogen-bond donors (Lipinski definition) is 2. The molecule has 0 aliphatic carbocycles. The molecule has 3 N–H and O–H groups in total. The van der Waals surface area contributed by atoms with Crippen LogP contribution >= 0.6 is 12.4 Å². The van der Waals surface area contributed by atoms with Gasteiger partial charge in [0.2, 0.25) is 0 Å². The van der Waals surface area contributed by atoms with Crippen molar-refractivity contribution in [1.82, 2.24) is 0 Å². The average Bonchev–Trinajstić information content (AvgIpc) is 2.17. The van der Waals surface area contributed by atoms with Crippen LogP contribution in [0.25, 0.3) is 0 Å². The molecule has 0 amide bonds. The second kappa shape index (κ2) is 5.97. The van der Waals surface area contributed by atoms with E-state index in [-0.39, 0.29) is 25.1 Å². The fourth-order valence-electron chi connectivity index (χ4n) is 1.11. The van der Waals surface area contributed by atoms with Crippen molar-refractivity contribution in [2.24, 2.45) is 5.73 Å². The Labute approximate surface area is 85.2 Å². The normalized spacial score (nSPS) is 11.9. The van der Waals surface area contributed by atoms with Gasteiger partial charge in [0.25, 0.3) is 0 Å². The maximum atomic E-state index is 8.79. The number of nitrogens with two attached hydrogens (primary N) is 1. The van der Waals surface area contributed by atoms with E-state index in [4.69, 9.17) is 10.8 Å². The number of aryl methyl sites for hydroxylation is 1. The van der Waals surface area contributed by atoms with Gasteiger partial charge in [0.1, 0.15) is 0 Å². The molecule has 0 saturated carbocycles. The van der Waals surface area contributed by atoms with E-state index in [1.807, 2.05) is 24.3 Å². The molecule has 74 valence electrons. The Morgan fingerprint density at radius 1 is 1.31 bits per heavy atom. The first-order valence-electron chi connectivity index (χ1n) is 4.23. The van der Waals surface area contributed by atoms with Gasteiger partial charge < -0.3 is 10.8 Å². The SMILES string of the molecule is CCc1ccc(C(N)CO)cc1.Cl. The van der Waals surface area contributed by atoms with Gasteiger partial charge >= 0.3 is 0 Å². The average molecular weight is 202 g/mol. The molecule has 0 bridgehead atoms. The Balaban J connectivity index is 0.00000144. The summed E-state index contributed by atoms with van der Waals surface area (Å²) in [4.78, 5) is 0. The molecule has 2 nitrogen and oxygen atoms in total. The first-order chi connectivity index (χ1) is 5.77. The lowest BCUT2D eigenvalue weighted by Gasteiger charge is -2.08. The van der Waals surface area contributed by atoms with Crippen LogP contribution in [0.2, 0.25) is 0 Å². The summed E-state index contributed by atoms with van der Waals surface area (Å²) in [5.74, 6) is 0. The third kappa shape index (κ3) is 3.35. The molecule has 0 heterocycles. The second-order valence-electron chi connectivity index (χ2n) is 2.88. The van der Waals surface area contributed by atoms with Gasteiger partial charge in [0.15, 0.2) is 0 Å². The molecular formula is C10H16ClNO. The third-order valence-corrected chi connectivity index (χ3v) is 2.01. The second-order valence-corrected chi connectivity index (χ2v) is 2.88. The Bertz CT molecular complexity index is 235. The van der Waals surface area contributed by atoms with Crippen molar-refractivity contribution in [2.75, 3.05) is 6.61 Å². The van der Waals surface area contributed by atoms with Gasteiger partial charge in [-0.1, -0.05) is 31.2 Å². The van der Waals surface area contributed by atoms with Crippen molar-refractivity contribution < 1.29 is 5.11 Å². The van der Waals surface area contributed by atoms with Crippen LogP contribution in [-0.2, 0) is 6.42 Å². The molecule has 0 aliphatic rings. The van der Waals surface area contributed by atoms with Crippen LogP contribution in [0.3, 0.4) is 0 Å². The summed E-state index contributed by atoms with van der Waals surface area (Å²) in [7, 11) is 0. The highest BCUT2D eigenvalue weighted by atomic mass is 35.5. The van der Waals surface area contributed by atoms with E-state index < -0.39 is 0 Å². The highest BCUT2D eigenvalue weighted by Gasteiger charge is 2.02. The van der Waals surface area contributed by atoms with Gasteiger partial charge in [-0.25, -0.2) is 0 Å². The van der Waals surface area contributed by atoms with Crippen molar-refractivity contribution >= 4 is 12.4 Å². The molecular weight excluding hydrogens is 186 g/mol. The lowest BCUT2D eigenvalue weighted by atomic mass is 10.1. The maximum absolute atomic E-state index is 8.79. The van der Waals surface area contributed by atoms with Crippen molar-refractivity contribution in [3.8, 4) is 0 Å². The van der Waals surface area contributed by atoms with Gasteiger partial charge in [-0.3, -0.25) is 0 Å². The molecule has 13 heavy (non-hydrogen) atoms. The zero-order valence-corrected chi connectivity index (χ0v) is 8.55. The molecule has 0 aliphatic heterocycles. The molecule has 0 saturated heterocycles. The number of rotatable bonds is 3. The fourth-order valence-corrected chi connectivity index (χ4v) is 1.11. The summed E-state index contributed by atoms with van der Waals surface area (Å²) < 4.78 is 0. The van der Waals surface area contributed by atoms with Gasteiger partial charge in [-0.05, 0) is 17.5 Å². The molecule has 1 rings (SSSR count). The zero-order valence-electron chi connectivity index (χ0n) is 7.73. The molecule has 0 radical (unpaired) electrons. The van der Waals surface area contributed by atoms with Crippen LogP contribution in [0.1, 0.15) is 24.1 Å². The van der Waals surface area contributed by atoms with Crippen molar-refractivity contribution in [1.29, 1.82) is 0 Å². The lowest BCUT2D eigenvalue weighted by molar-refractivity contribution is 0.268. The Morgan fingerprint density at radius 2 is 1.85 bits per heavy atom. The molecule has 0 spiro atoms. The quantitative estimate of drug-likeness (QED) is 0.782. The van der Waals surface area contributed by atoms with E-state index in [0.717, 1.165) is 12.0 Å². The number of halogens is 1. The summed E-state index contributed by atoms with van der Waals surface area (Å²) in [6.45, 7) is 2.12. The first-order valence-corrected chi connectivity index (χ1v) is 4.23. The lowest BCUT2D eigenvalue weighted by Crippen LogP contribution is -2.14. The summed E-state index contributed by atoms with van der Waals surface area (Å²) >= 11 is 0. The molecule has 1 atom stereocenters. The van der Waals surface area contributed by atoms with E-state index >= 15 is 0 Å². The Morgan fingerprint density at radius 3 is 2.23 bits per heavy atom. The Hall–Kier alpha value is -0.570. The topological polar surface area (TPSA) is 46.2 Å². The van der Waals surface area contributed by atoms with Crippen LogP contribution in [0.4, 0.5) is 0 Å². The first kappa shape index (κ1) is 12.4. The maximum Gasteiger partial charge on any atom is 0.0624 e. The van der Waals surface area contributed by atoms with Crippen molar-refractivity contribution in [2.45, 2.75) is 19.4 Å². The third-order valence-electron chi connectivity index (χ3n) is 2.01. The summed E-state index contributed by atoms with van der Waals surface area (Å²) in [5.41, 5.74) is 7.93. The molecule has 0 fully saturated rings. The van der Waals surface area contributed by atoms with E-state index in [1.54, 1.807) is 0 Å². The summed E-state index contributed by atoms with van der Waals surface area (Å²) in [5, 5.41) is 8.79. The molecule has 3 heteroatoms. The smallest absolute Gasteiger partial charge is 0.0624 e. The van der Waals surface area contributed by atoms with Crippen LogP contribution in [0.5, 0.6) is 0 Å². The molecule has 1 aromatic carbocycles. The van der Waals surface area contributed by atoms with Crippen LogP contribution < -0.4 is 5.73 Å². The summed E-state index contributed by atoms with van der Waals surface area (Å²) in [6.07, 6.45) is 1.04. The van der Waals surface area contributed by atoms with Crippen LogP contribution in [-0.4, -0.2) is 11.7 Å². The monoisotopic (exact) mass is 201 g/mol. The number of aliphatic hydroxyl groups excluding tert-OH is 1. The van der Waals surface area contributed by atoms with Crippen LogP contribution in [0.15, 0.2) is 24.3 Å². The number of aliphatic hydroxyl groups is 1. The highest BCUT2D eigenvalue weighted by molar-refractivity contribution is 5.85. The van der Waals surface area contributed by atoms with Gasteiger partial charge in [0.05, 0.1) is 12.6 Å². The number of hydrogen-bond acceptors (Lipinski definition) is 2. The van der Waals surface area contributed by atoms with Gasteiger partial charge in [-0.15, -0.1) is 12.4 Å². The van der Waals surface area contributed by atoms with Crippen molar-refractivity contribution in [3.63, 3.8) is 0 Å². The zero-order chi connectivity index (χ0) is 8.97. The minimum atomic E-state index is -0.240. The summed E-state index contributed by atoms with van der Waals surface area (Å²) in [6, 6.07) is 7.80. The van der Waals surface area contributed by atoms with Gasteiger partial charge in [-0.2, -0.15) is 0 Å². The van der Waals surface area contributed by atoms with E-state index in [9.17, 15) is 0 Å². The standard InChI is InChI=1S/C10H15NO.ClH/c1-2-8-3-5-9(6-4-8)10(11)7-12;/h3-6,10,12H,2,7,11H2,1H3;1H. The van der Waals surface area contributed by atoms with E-state index in [1.165, 1.54) is 5.56 Å². The van der Waals surface area contributed by atoms with E-state index in [2.05, 4.69) is 6.92 Å². The predicted octanol–water partition coefficient (Wildman–Crippen LogP) is 1.66. The Kier molecular flexibility index (Phi) is 5.71. The minimum Gasteiger partial charge on any atom is -0.394 e. The van der Waals surface area contributed by atoms with Crippen molar-refractivity contribution in [3.05, 3.63) is 35.4 Å². The minimum absolute atomic E-state index is 0. The molecule has 1 unspecified atom stereocenters. The van der Waals surface area contributed by atoms with E-state index in [0.29, 0.717) is 0 Å². The molecule has 0 aromatic heterocycles. The highest BCUT2D eigenvalue weighted by Crippen LogP contribution is 2.10.